The van der Waals surface area contributed by atoms with Crippen molar-refractivity contribution in [3.8, 4) is 17.0 Å². The molecular weight excluding hydrogens is 385 g/mol. The lowest BCUT2D eigenvalue weighted by Gasteiger charge is -2.16. The molecule has 0 fully saturated rings. The summed E-state index contributed by atoms with van der Waals surface area (Å²) < 4.78 is 42.3. The zero-order valence-electron chi connectivity index (χ0n) is 15.8. The van der Waals surface area contributed by atoms with Crippen LogP contribution in [0, 0.1) is 0 Å². The number of carbonyl (C=O) groups excluding carboxylic acids is 1. The van der Waals surface area contributed by atoms with Crippen molar-refractivity contribution in [1.29, 1.82) is 0 Å². The minimum atomic E-state index is -4.75. The number of nitrogens with one attached hydrogen (secondary N) is 1. The third kappa shape index (κ3) is 4.92. The maximum absolute atomic E-state index is 12.9. The zero-order valence-corrected chi connectivity index (χ0v) is 15.8. The van der Waals surface area contributed by atoms with E-state index in [-0.39, 0.29) is 11.7 Å². The van der Waals surface area contributed by atoms with Crippen molar-refractivity contribution in [3.63, 3.8) is 0 Å². The first kappa shape index (κ1) is 20.4. The maximum atomic E-state index is 12.9. The van der Waals surface area contributed by atoms with Crippen LogP contribution in [-0.2, 0) is 6.54 Å². The van der Waals surface area contributed by atoms with Crippen molar-refractivity contribution in [2.75, 3.05) is 0 Å². The lowest BCUT2D eigenvalue weighted by molar-refractivity contribution is -0.274. The molecule has 0 bridgehead atoms. The number of halogens is 3. The van der Waals surface area contributed by atoms with Crippen LogP contribution >= 0.6 is 0 Å². The van der Waals surface area contributed by atoms with Gasteiger partial charge < -0.3 is 10.1 Å². The summed E-state index contributed by atoms with van der Waals surface area (Å²) in [6.45, 7) is 4.10. The Kier molecular flexibility index (Phi) is 5.86. The summed E-state index contributed by atoms with van der Waals surface area (Å²) in [5.41, 5.74) is 2.23. The first-order chi connectivity index (χ1) is 13.8. The number of nitrogens with zero attached hydrogens (tertiary/aromatic N) is 3. The maximum Gasteiger partial charge on any atom is 0.573 e. The van der Waals surface area contributed by atoms with Crippen LogP contribution in [0.2, 0.25) is 0 Å². The number of aryl methyl sites for hydroxylation is 1. The molecule has 0 unspecified atom stereocenters. The summed E-state index contributed by atoms with van der Waals surface area (Å²) in [5, 5.41) is 7.11. The van der Waals surface area contributed by atoms with Gasteiger partial charge in [0.25, 0.3) is 5.91 Å². The summed E-state index contributed by atoms with van der Waals surface area (Å²) >= 11 is 0. The Hall–Kier alpha value is -3.36. The average Bonchev–Trinajstić information content (AvgIpc) is 3.12. The van der Waals surface area contributed by atoms with E-state index in [9.17, 15) is 18.0 Å². The molecule has 0 radical (unpaired) electrons. The molecule has 0 aliphatic heterocycles. The molecule has 0 aliphatic carbocycles. The van der Waals surface area contributed by atoms with Gasteiger partial charge in [-0.1, -0.05) is 18.2 Å². The minimum Gasteiger partial charge on any atom is -0.406 e. The standard InChI is InChI=1S/C20H19F3N4O2/c1-3-27-18(16(12-25-27)17-6-4-5-11-24-17)19(28)26-13(2)14-7-9-15(10-8-14)29-20(21,22)23/h4-13H,3H2,1-2H3,(H,26,28)/t13-/m1/s1. The molecule has 0 saturated carbocycles. The van der Waals surface area contributed by atoms with Crippen LogP contribution in [0.5, 0.6) is 5.75 Å². The number of ether oxygens (including phenoxy) is 1. The van der Waals surface area contributed by atoms with Gasteiger partial charge in [0.2, 0.25) is 0 Å². The Morgan fingerprint density at radius 3 is 2.52 bits per heavy atom. The highest BCUT2D eigenvalue weighted by Crippen LogP contribution is 2.25. The fraction of sp³-hybridized carbons (Fsp3) is 0.250. The van der Waals surface area contributed by atoms with E-state index in [1.165, 1.54) is 24.3 Å². The number of pyridine rings is 1. The van der Waals surface area contributed by atoms with Gasteiger partial charge in [0, 0.05) is 12.7 Å². The van der Waals surface area contributed by atoms with Gasteiger partial charge in [-0.05, 0) is 43.7 Å². The fourth-order valence-corrected chi connectivity index (χ4v) is 2.88. The van der Waals surface area contributed by atoms with E-state index in [1.807, 2.05) is 13.0 Å². The number of rotatable bonds is 6. The van der Waals surface area contributed by atoms with Crippen molar-refractivity contribution in [2.45, 2.75) is 32.8 Å². The zero-order chi connectivity index (χ0) is 21.0. The Morgan fingerprint density at radius 2 is 1.93 bits per heavy atom. The Labute approximate surface area is 165 Å². The predicted molar refractivity (Wildman–Crippen MR) is 100 cm³/mol. The van der Waals surface area contributed by atoms with E-state index >= 15 is 0 Å². The summed E-state index contributed by atoms with van der Waals surface area (Å²) in [5.74, 6) is -0.672. The van der Waals surface area contributed by atoms with Gasteiger partial charge in [0.1, 0.15) is 11.4 Å². The van der Waals surface area contributed by atoms with Crippen LogP contribution in [0.25, 0.3) is 11.3 Å². The second kappa shape index (κ2) is 8.34. The highest BCUT2D eigenvalue weighted by Gasteiger charge is 2.31. The van der Waals surface area contributed by atoms with Crippen LogP contribution < -0.4 is 10.1 Å². The molecule has 1 amide bonds. The van der Waals surface area contributed by atoms with E-state index < -0.39 is 12.4 Å². The van der Waals surface area contributed by atoms with Crippen molar-refractivity contribution in [1.82, 2.24) is 20.1 Å². The highest BCUT2D eigenvalue weighted by molar-refractivity contribution is 5.99. The lowest BCUT2D eigenvalue weighted by atomic mass is 10.1. The largest absolute Gasteiger partial charge is 0.573 e. The normalized spacial score (nSPS) is 12.4. The third-order valence-electron chi connectivity index (χ3n) is 4.26. The molecule has 0 spiro atoms. The molecule has 3 rings (SSSR count). The van der Waals surface area contributed by atoms with Gasteiger partial charge in [-0.25, -0.2) is 0 Å². The highest BCUT2D eigenvalue weighted by atomic mass is 19.4. The predicted octanol–water partition coefficient (Wildman–Crippen LogP) is 4.35. The van der Waals surface area contributed by atoms with Crippen LogP contribution in [-0.4, -0.2) is 27.0 Å². The van der Waals surface area contributed by atoms with Crippen molar-refractivity contribution in [2.24, 2.45) is 0 Å². The van der Waals surface area contributed by atoms with E-state index in [2.05, 4.69) is 20.1 Å². The Balaban J connectivity index is 1.79. The van der Waals surface area contributed by atoms with E-state index in [1.54, 1.807) is 36.1 Å². The summed E-state index contributed by atoms with van der Waals surface area (Å²) in [6.07, 6.45) is -1.52. The number of hydrogen-bond acceptors (Lipinski definition) is 4. The number of hydrogen-bond donors (Lipinski definition) is 1. The van der Waals surface area contributed by atoms with Crippen molar-refractivity contribution in [3.05, 3.63) is 66.1 Å². The third-order valence-corrected chi connectivity index (χ3v) is 4.26. The van der Waals surface area contributed by atoms with Gasteiger partial charge >= 0.3 is 6.36 Å². The Morgan fingerprint density at radius 1 is 1.21 bits per heavy atom. The quantitative estimate of drug-likeness (QED) is 0.663. The van der Waals surface area contributed by atoms with Crippen LogP contribution in [0.4, 0.5) is 13.2 Å². The lowest BCUT2D eigenvalue weighted by Crippen LogP contribution is -2.29. The number of aromatic nitrogens is 3. The second-order valence-electron chi connectivity index (χ2n) is 6.25. The monoisotopic (exact) mass is 404 g/mol. The van der Waals surface area contributed by atoms with E-state index in [0.717, 1.165) is 0 Å². The number of amides is 1. The molecule has 3 aromatic rings. The molecule has 2 aromatic heterocycles. The van der Waals surface area contributed by atoms with Crippen molar-refractivity contribution < 1.29 is 22.7 Å². The SMILES string of the molecule is CCn1ncc(-c2ccccn2)c1C(=O)N[C@H](C)c1ccc(OC(F)(F)F)cc1. The molecule has 1 atom stereocenters. The smallest absolute Gasteiger partial charge is 0.406 e. The number of carbonyl (C=O) groups is 1. The van der Waals surface area contributed by atoms with E-state index in [0.29, 0.717) is 29.1 Å². The van der Waals surface area contributed by atoms with E-state index in [4.69, 9.17) is 0 Å². The number of alkyl halides is 3. The van der Waals surface area contributed by atoms with Crippen LogP contribution in [0.1, 0.15) is 35.9 Å². The molecule has 2 heterocycles. The first-order valence-electron chi connectivity index (χ1n) is 8.92. The summed E-state index contributed by atoms with van der Waals surface area (Å²) in [7, 11) is 0. The molecule has 0 saturated heterocycles. The molecule has 1 N–H and O–H groups in total. The molecule has 29 heavy (non-hydrogen) atoms. The second-order valence-corrected chi connectivity index (χ2v) is 6.25. The van der Waals surface area contributed by atoms with Crippen LogP contribution in [0.15, 0.2) is 54.9 Å². The molecular formula is C20H19F3N4O2. The van der Waals surface area contributed by atoms with Gasteiger partial charge in [0.15, 0.2) is 0 Å². The summed E-state index contributed by atoms with van der Waals surface area (Å²) in [6, 6.07) is 10.3. The minimum absolute atomic E-state index is 0.318. The van der Waals surface area contributed by atoms with Crippen molar-refractivity contribution >= 4 is 5.91 Å². The van der Waals surface area contributed by atoms with Gasteiger partial charge in [-0.15, -0.1) is 13.2 Å². The number of benzene rings is 1. The first-order valence-corrected chi connectivity index (χ1v) is 8.92. The molecule has 152 valence electrons. The van der Waals surface area contributed by atoms with Gasteiger partial charge in [-0.3, -0.25) is 14.5 Å². The molecule has 0 aliphatic rings. The summed E-state index contributed by atoms with van der Waals surface area (Å²) in [4.78, 5) is 17.2. The molecule has 1 aromatic carbocycles. The Bertz CT molecular complexity index is 970. The molecule has 6 nitrogen and oxygen atoms in total. The van der Waals surface area contributed by atoms with Gasteiger partial charge in [0.05, 0.1) is 23.5 Å². The fourth-order valence-electron chi connectivity index (χ4n) is 2.88. The van der Waals surface area contributed by atoms with Gasteiger partial charge in [-0.2, -0.15) is 5.10 Å². The van der Waals surface area contributed by atoms with Crippen LogP contribution in [0.3, 0.4) is 0 Å². The molecule has 9 heteroatoms. The topological polar surface area (TPSA) is 69.0 Å². The average molecular weight is 404 g/mol.